The standard InChI is InChI=1S/C20H16BrN5OS/c1-12-7-9-14(10-8-12)17-11-28-20(22-17)26-19(27)18(13(2)25-26)24-23-16-6-4-3-5-15(16)21/h3-11,18H,1-2H3/t18-/m1/s1. The van der Waals surface area contributed by atoms with Crippen molar-refractivity contribution in [1.82, 2.24) is 4.98 Å². The zero-order valence-electron chi connectivity index (χ0n) is 15.2. The number of aryl methyl sites for hydroxylation is 1. The molecule has 1 aromatic heterocycles. The van der Waals surface area contributed by atoms with Gasteiger partial charge in [0.25, 0.3) is 5.91 Å². The highest BCUT2D eigenvalue weighted by molar-refractivity contribution is 9.10. The zero-order chi connectivity index (χ0) is 19.7. The molecule has 1 atom stereocenters. The van der Waals surface area contributed by atoms with E-state index in [1.807, 2.05) is 60.8 Å². The minimum atomic E-state index is -0.737. The molecular formula is C20H16BrN5OS. The number of anilines is 1. The molecule has 0 fully saturated rings. The number of hydrazone groups is 1. The first kappa shape index (κ1) is 18.6. The van der Waals surface area contributed by atoms with E-state index in [1.54, 1.807) is 6.92 Å². The lowest BCUT2D eigenvalue weighted by atomic mass is 10.1. The molecule has 0 radical (unpaired) electrons. The molecule has 0 saturated carbocycles. The molecule has 8 heteroatoms. The third-order valence-corrected chi connectivity index (χ3v) is 5.74. The van der Waals surface area contributed by atoms with E-state index >= 15 is 0 Å². The Morgan fingerprint density at radius 2 is 1.86 bits per heavy atom. The highest BCUT2D eigenvalue weighted by atomic mass is 79.9. The second-order valence-electron chi connectivity index (χ2n) is 6.34. The van der Waals surface area contributed by atoms with Crippen molar-refractivity contribution in [1.29, 1.82) is 0 Å². The molecule has 4 rings (SSSR count). The Morgan fingerprint density at radius 3 is 2.61 bits per heavy atom. The number of carbonyl (C=O) groups is 1. The molecule has 6 nitrogen and oxygen atoms in total. The summed E-state index contributed by atoms with van der Waals surface area (Å²) >= 11 is 4.80. The molecule has 3 aromatic rings. The monoisotopic (exact) mass is 453 g/mol. The fourth-order valence-corrected chi connectivity index (χ4v) is 3.85. The van der Waals surface area contributed by atoms with Crippen molar-refractivity contribution >= 4 is 49.7 Å². The smallest absolute Gasteiger partial charge is 0.269 e. The summed E-state index contributed by atoms with van der Waals surface area (Å²) in [6.07, 6.45) is 0. The van der Waals surface area contributed by atoms with Gasteiger partial charge in [0, 0.05) is 15.4 Å². The second-order valence-corrected chi connectivity index (χ2v) is 8.03. The van der Waals surface area contributed by atoms with E-state index in [9.17, 15) is 4.79 Å². The maximum atomic E-state index is 12.8. The minimum Gasteiger partial charge on any atom is -0.269 e. The Kier molecular flexibility index (Phi) is 5.15. The summed E-state index contributed by atoms with van der Waals surface area (Å²) in [6.45, 7) is 3.81. The number of hydrogen-bond donors (Lipinski definition) is 0. The quantitative estimate of drug-likeness (QED) is 0.471. The summed E-state index contributed by atoms with van der Waals surface area (Å²) in [4.78, 5) is 17.4. The van der Waals surface area contributed by atoms with Crippen LogP contribution < -0.4 is 5.01 Å². The molecular weight excluding hydrogens is 438 g/mol. The van der Waals surface area contributed by atoms with Gasteiger partial charge in [0.15, 0.2) is 6.04 Å². The summed E-state index contributed by atoms with van der Waals surface area (Å²) in [5.41, 5.74) is 4.27. The van der Waals surface area contributed by atoms with Crippen LogP contribution in [0.15, 0.2) is 73.7 Å². The van der Waals surface area contributed by atoms with Gasteiger partial charge in [-0.2, -0.15) is 20.3 Å². The maximum absolute atomic E-state index is 12.8. The van der Waals surface area contributed by atoms with Crippen molar-refractivity contribution < 1.29 is 4.79 Å². The van der Waals surface area contributed by atoms with Crippen LogP contribution in [0.2, 0.25) is 0 Å². The molecule has 0 aliphatic carbocycles. The Bertz CT molecular complexity index is 1090. The van der Waals surface area contributed by atoms with Crippen molar-refractivity contribution in [2.75, 3.05) is 5.01 Å². The average Bonchev–Trinajstić information content (AvgIpc) is 3.27. The molecule has 0 spiro atoms. The number of aromatic nitrogens is 1. The summed E-state index contributed by atoms with van der Waals surface area (Å²) in [7, 11) is 0. The number of benzene rings is 2. The van der Waals surface area contributed by atoms with Crippen LogP contribution in [0.5, 0.6) is 0 Å². The van der Waals surface area contributed by atoms with E-state index in [0.29, 0.717) is 16.5 Å². The van der Waals surface area contributed by atoms with Gasteiger partial charge in [-0.1, -0.05) is 42.0 Å². The largest absolute Gasteiger partial charge is 0.282 e. The molecule has 0 saturated heterocycles. The van der Waals surface area contributed by atoms with Crippen LogP contribution in [0.4, 0.5) is 10.8 Å². The lowest BCUT2D eigenvalue weighted by Gasteiger charge is -2.08. The number of azo groups is 1. The second kappa shape index (κ2) is 7.73. The van der Waals surface area contributed by atoms with Gasteiger partial charge in [-0.05, 0) is 41.9 Å². The molecule has 1 aliphatic heterocycles. The molecule has 0 unspecified atom stereocenters. The van der Waals surface area contributed by atoms with Gasteiger partial charge in [0.1, 0.15) is 0 Å². The Labute approximate surface area is 174 Å². The number of carbonyl (C=O) groups excluding carboxylic acids is 1. The van der Waals surface area contributed by atoms with Gasteiger partial charge in [0.05, 0.1) is 17.1 Å². The number of thiazole rings is 1. The number of rotatable bonds is 4. The topological polar surface area (TPSA) is 70.3 Å². The van der Waals surface area contributed by atoms with Crippen LogP contribution in [0.25, 0.3) is 11.3 Å². The molecule has 0 N–H and O–H groups in total. The van der Waals surface area contributed by atoms with Crippen molar-refractivity contribution in [3.8, 4) is 11.3 Å². The number of nitrogens with zero attached hydrogens (tertiary/aromatic N) is 5. The van der Waals surface area contributed by atoms with Gasteiger partial charge in [-0.25, -0.2) is 4.98 Å². The predicted molar refractivity (Wildman–Crippen MR) is 115 cm³/mol. The van der Waals surface area contributed by atoms with Crippen LogP contribution in [0, 0.1) is 6.92 Å². The molecule has 1 aliphatic rings. The summed E-state index contributed by atoms with van der Waals surface area (Å²) in [6, 6.07) is 14.8. The van der Waals surface area contributed by atoms with Crippen LogP contribution in [0.1, 0.15) is 12.5 Å². The first-order valence-corrected chi connectivity index (χ1v) is 10.3. The first-order chi connectivity index (χ1) is 13.5. The Balaban J connectivity index is 1.55. The summed E-state index contributed by atoms with van der Waals surface area (Å²) < 4.78 is 0.818. The normalized spacial score (nSPS) is 16.8. The number of hydrogen-bond acceptors (Lipinski definition) is 6. The van der Waals surface area contributed by atoms with E-state index < -0.39 is 6.04 Å². The van der Waals surface area contributed by atoms with Crippen molar-refractivity contribution in [3.63, 3.8) is 0 Å². The van der Waals surface area contributed by atoms with E-state index in [4.69, 9.17) is 0 Å². The van der Waals surface area contributed by atoms with E-state index in [2.05, 4.69) is 36.2 Å². The van der Waals surface area contributed by atoms with Crippen LogP contribution in [0.3, 0.4) is 0 Å². The van der Waals surface area contributed by atoms with Crippen LogP contribution in [-0.2, 0) is 4.79 Å². The number of amides is 1. The van der Waals surface area contributed by atoms with Crippen molar-refractivity contribution in [2.24, 2.45) is 15.3 Å². The van der Waals surface area contributed by atoms with Crippen LogP contribution in [-0.4, -0.2) is 22.6 Å². The van der Waals surface area contributed by atoms with E-state index in [1.165, 1.54) is 21.9 Å². The first-order valence-electron chi connectivity index (χ1n) is 8.60. The zero-order valence-corrected chi connectivity index (χ0v) is 17.6. The molecule has 28 heavy (non-hydrogen) atoms. The lowest BCUT2D eigenvalue weighted by Crippen LogP contribution is -2.29. The maximum Gasteiger partial charge on any atom is 0.282 e. The van der Waals surface area contributed by atoms with Crippen molar-refractivity contribution in [3.05, 3.63) is 63.9 Å². The third kappa shape index (κ3) is 3.65. The predicted octanol–water partition coefficient (Wildman–Crippen LogP) is 5.76. The van der Waals surface area contributed by atoms with Gasteiger partial charge in [-0.3, -0.25) is 4.79 Å². The lowest BCUT2D eigenvalue weighted by molar-refractivity contribution is -0.117. The van der Waals surface area contributed by atoms with Gasteiger partial charge in [-0.15, -0.1) is 11.3 Å². The minimum absolute atomic E-state index is 0.252. The third-order valence-electron chi connectivity index (χ3n) is 4.25. The van der Waals surface area contributed by atoms with Gasteiger partial charge in [0.2, 0.25) is 5.13 Å². The highest BCUT2D eigenvalue weighted by Crippen LogP contribution is 2.31. The van der Waals surface area contributed by atoms with Gasteiger partial charge < -0.3 is 0 Å². The Hall–Kier alpha value is -2.71. The average molecular weight is 454 g/mol. The summed E-state index contributed by atoms with van der Waals surface area (Å²) in [5, 5.41) is 16.6. The SMILES string of the molecule is CC1=NN(c2nc(-c3ccc(C)cc3)cs2)C(=O)[C@@H]1N=Nc1ccccc1Br. The fourth-order valence-electron chi connectivity index (χ4n) is 2.70. The highest BCUT2D eigenvalue weighted by Gasteiger charge is 2.36. The molecule has 0 bridgehead atoms. The molecule has 2 heterocycles. The molecule has 1 amide bonds. The molecule has 140 valence electrons. The Morgan fingerprint density at radius 1 is 1.11 bits per heavy atom. The van der Waals surface area contributed by atoms with Crippen molar-refractivity contribution in [2.45, 2.75) is 19.9 Å². The fraction of sp³-hybridized carbons (Fsp3) is 0.150. The van der Waals surface area contributed by atoms with E-state index in [0.717, 1.165) is 15.7 Å². The van der Waals surface area contributed by atoms with Crippen LogP contribution >= 0.6 is 27.3 Å². The van der Waals surface area contributed by atoms with Gasteiger partial charge >= 0.3 is 0 Å². The van der Waals surface area contributed by atoms with E-state index in [-0.39, 0.29) is 5.91 Å². The number of halogens is 1. The summed E-state index contributed by atoms with van der Waals surface area (Å²) in [5.74, 6) is -0.252. The molecule has 2 aromatic carbocycles.